The molecule has 1 aromatic heterocycles. The van der Waals surface area contributed by atoms with Crippen LogP contribution in [0.25, 0.3) is 11.3 Å². The summed E-state index contributed by atoms with van der Waals surface area (Å²) in [5, 5.41) is 9.65. The third-order valence-electron chi connectivity index (χ3n) is 6.09. The van der Waals surface area contributed by atoms with Gasteiger partial charge in [-0.2, -0.15) is 0 Å². The molecular weight excluding hydrogens is 344 g/mol. The number of fused-ring (bicyclic) bond motifs is 1. The van der Waals surface area contributed by atoms with Gasteiger partial charge in [0.25, 0.3) is 0 Å². The molecule has 6 heteroatoms. The summed E-state index contributed by atoms with van der Waals surface area (Å²) in [5.74, 6) is 0.550. The molecule has 0 bridgehead atoms. The third kappa shape index (κ3) is 3.24. The molecule has 1 N–H and O–H groups in total. The molecule has 1 aliphatic carbocycles. The first-order valence-electron chi connectivity index (χ1n) is 9.51. The van der Waals surface area contributed by atoms with Gasteiger partial charge in [0.15, 0.2) is 11.7 Å². The second-order valence-corrected chi connectivity index (χ2v) is 7.81. The van der Waals surface area contributed by atoms with E-state index in [1.54, 1.807) is 11.1 Å². The summed E-state index contributed by atoms with van der Waals surface area (Å²) in [5.41, 5.74) is 1.41. The number of carboxylic acids is 1. The average Bonchev–Trinajstić information content (AvgIpc) is 3.34. The molecule has 1 aliphatic heterocycles. The van der Waals surface area contributed by atoms with Crippen LogP contribution in [0.3, 0.4) is 0 Å². The van der Waals surface area contributed by atoms with Crippen LogP contribution in [0.5, 0.6) is 0 Å². The molecule has 1 aromatic carbocycles. The van der Waals surface area contributed by atoms with Gasteiger partial charge in [-0.05, 0) is 25.7 Å². The molecule has 1 amide bonds. The van der Waals surface area contributed by atoms with E-state index in [1.165, 1.54) is 5.56 Å². The van der Waals surface area contributed by atoms with E-state index in [0.717, 1.165) is 18.4 Å². The van der Waals surface area contributed by atoms with Crippen molar-refractivity contribution >= 4 is 11.9 Å². The first-order valence-corrected chi connectivity index (χ1v) is 9.51. The molecule has 2 heterocycles. The van der Waals surface area contributed by atoms with Gasteiger partial charge in [0, 0.05) is 31.5 Å². The van der Waals surface area contributed by atoms with Crippen molar-refractivity contribution < 1.29 is 19.1 Å². The smallest absolute Gasteiger partial charge is 0.311 e. The van der Waals surface area contributed by atoms with Crippen molar-refractivity contribution in [2.45, 2.75) is 39.0 Å². The van der Waals surface area contributed by atoms with Crippen LogP contribution in [-0.2, 0) is 16.0 Å². The van der Waals surface area contributed by atoms with Gasteiger partial charge >= 0.3 is 5.97 Å². The zero-order chi connectivity index (χ0) is 19.0. The molecule has 6 nitrogen and oxygen atoms in total. The molecule has 142 valence electrons. The number of aliphatic carboxylic acids is 1. The number of likely N-dealkylation sites (tertiary alicyclic amines) is 1. The molecule has 0 unspecified atom stereocenters. The monoisotopic (exact) mass is 368 g/mol. The maximum atomic E-state index is 12.6. The normalized spacial score (nSPS) is 24.2. The van der Waals surface area contributed by atoms with Gasteiger partial charge in [0.1, 0.15) is 0 Å². The van der Waals surface area contributed by atoms with E-state index < -0.39 is 11.4 Å². The van der Waals surface area contributed by atoms with E-state index in [2.05, 4.69) is 4.98 Å². The Hall–Kier alpha value is -2.63. The molecule has 1 saturated carbocycles. The summed E-state index contributed by atoms with van der Waals surface area (Å²) in [6, 6.07) is 8.01. The number of aryl methyl sites for hydroxylation is 2. The van der Waals surface area contributed by atoms with Crippen LogP contribution < -0.4 is 0 Å². The van der Waals surface area contributed by atoms with Gasteiger partial charge in [-0.15, -0.1) is 0 Å². The van der Waals surface area contributed by atoms with E-state index >= 15 is 0 Å². The number of hydrogen-bond acceptors (Lipinski definition) is 4. The fraction of sp³-hybridized carbons (Fsp3) is 0.476. The van der Waals surface area contributed by atoms with E-state index in [9.17, 15) is 14.7 Å². The zero-order valence-corrected chi connectivity index (χ0v) is 15.5. The largest absolute Gasteiger partial charge is 0.481 e. The predicted molar refractivity (Wildman–Crippen MR) is 99.0 cm³/mol. The van der Waals surface area contributed by atoms with Crippen molar-refractivity contribution in [1.29, 1.82) is 0 Å². The summed E-state index contributed by atoms with van der Waals surface area (Å²) in [6.07, 6.45) is 4.91. The predicted octanol–water partition coefficient (Wildman–Crippen LogP) is 3.30. The van der Waals surface area contributed by atoms with Crippen molar-refractivity contribution in [3.63, 3.8) is 0 Å². The lowest BCUT2D eigenvalue weighted by atomic mass is 9.81. The fourth-order valence-corrected chi connectivity index (χ4v) is 4.48. The molecule has 2 fully saturated rings. The second-order valence-electron chi connectivity index (χ2n) is 7.81. The Kier molecular flexibility index (Phi) is 4.50. The van der Waals surface area contributed by atoms with Gasteiger partial charge in [-0.25, -0.2) is 4.98 Å². The van der Waals surface area contributed by atoms with Crippen molar-refractivity contribution in [2.24, 2.45) is 11.3 Å². The first-order chi connectivity index (χ1) is 13.0. The summed E-state index contributed by atoms with van der Waals surface area (Å²) in [7, 11) is 0. The number of carboxylic acid groups (broad SMARTS) is 1. The van der Waals surface area contributed by atoms with Crippen molar-refractivity contribution in [3.8, 4) is 11.3 Å². The highest BCUT2D eigenvalue weighted by Crippen LogP contribution is 2.49. The number of rotatable bonds is 5. The number of amides is 1. The van der Waals surface area contributed by atoms with Crippen LogP contribution in [0.15, 0.2) is 34.9 Å². The van der Waals surface area contributed by atoms with Crippen LogP contribution in [0.1, 0.15) is 37.1 Å². The number of oxazole rings is 1. The van der Waals surface area contributed by atoms with Crippen molar-refractivity contribution in [1.82, 2.24) is 9.88 Å². The Balaban J connectivity index is 1.36. The minimum atomic E-state index is -0.754. The van der Waals surface area contributed by atoms with Crippen molar-refractivity contribution in [3.05, 3.63) is 41.9 Å². The number of carbonyl (C=O) groups is 2. The SMILES string of the molecule is Cc1ccc(-c2cnc(CCC(=O)N3C[C@@H]4CCC[C@@]4(C(=O)O)C3)o2)cc1. The van der Waals surface area contributed by atoms with Gasteiger partial charge in [0.05, 0.1) is 11.6 Å². The number of nitrogens with zero attached hydrogens (tertiary/aromatic N) is 2. The third-order valence-corrected chi connectivity index (χ3v) is 6.09. The van der Waals surface area contributed by atoms with Gasteiger partial charge in [-0.3, -0.25) is 9.59 Å². The molecule has 4 rings (SSSR count). The van der Waals surface area contributed by atoms with Gasteiger partial charge in [-0.1, -0.05) is 36.2 Å². The Bertz CT molecular complexity index is 857. The minimum absolute atomic E-state index is 0.0138. The summed E-state index contributed by atoms with van der Waals surface area (Å²) in [6.45, 7) is 2.93. The highest BCUT2D eigenvalue weighted by molar-refractivity contribution is 5.81. The standard InChI is InChI=1S/C21H24N2O4/c1-14-4-6-15(7-5-14)17-11-22-18(27-17)8-9-19(24)23-12-16-3-2-10-21(16,13-23)20(25)26/h4-7,11,16H,2-3,8-10,12-13H2,1H3,(H,25,26)/t16-,21+/m0/s1. The van der Waals surface area contributed by atoms with Gasteiger partial charge in [0.2, 0.25) is 5.91 Å². The van der Waals surface area contributed by atoms with E-state index in [1.807, 2.05) is 31.2 Å². The number of hydrogen-bond donors (Lipinski definition) is 1. The van der Waals surface area contributed by atoms with E-state index in [4.69, 9.17) is 4.42 Å². The maximum absolute atomic E-state index is 12.6. The fourth-order valence-electron chi connectivity index (χ4n) is 4.48. The lowest BCUT2D eigenvalue weighted by molar-refractivity contribution is -0.149. The van der Waals surface area contributed by atoms with Crippen LogP contribution in [-0.4, -0.2) is 40.0 Å². The molecule has 0 radical (unpaired) electrons. The molecule has 27 heavy (non-hydrogen) atoms. The van der Waals surface area contributed by atoms with E-state index in [-0.39, 0.29) is 18.2 Å². The Labute approximate surface area is 158 Å². The lowest BCUT2D eigenvalue weighted by Gasteiger charge is -2.23. The topological polar surface area (TPSA) is 83.6 Å². The Morgan fingerprint density at radius 2 is 2.11 bits per heavy atom. The summed E-state index contributed by atoms with van der Waals surface area (Å²) < 4.78 is 5.78. The molecule has 0 spiro atoms. The second kappa shape index (κ2) is 6.83. The van der Waals surface area contributed by atoms with Gasteiger partial charge < -0.3 is 14.4 Å². The first kappa shape index (κ1) is 17.8. The molecule has 2 aliphatic rings. The van der Waals surface area contributed by atoms with E-state index in [0.29, 0.717) is 37.6 Å². The summed E-state index contributed by atoms with van der Waals surface area (Å²) in [4.78, 5) is 30.3. The number of aromatic nitrogens is 1. The number of benzene rings is 1. The highest BCUT2D eigenvalue weighted by atomic mass is 16.4. The molecule has 2 aromatic rings. The van der Waals surface area contributed by atoms with Crippen LogP contribution >= 0.6 is 0 Å². The molecule has 2 atom stereocenters. The molecular formula is C21H24N2O4. The van der Waals surface area contributed by atoms with Crippen LogP contribution in [0, 0.1) is 18.3 Å². The minimum Gasteiger partial charge on any atom is -0.481 e. The zero-order valence-electron chi connectivity index (χ0n) is 15.5. The summed E-state index contributed by atoms with van der Waals surface area (Å²) >= 11 is 0. The molecule has 1 saturated heterocycles. The van der Waals surface area contributed by atoms with Crippen LogP contribution in [0.2, 0.25) is 0 Å². The number of carbonyl (C=O) groups excluding carboxylic acids is 1. The highest BCUT2D eigenvalue weighted by Gasteiger charge is 2.55. The maximum Gasteiger partial charge on any atom is 0.311 e. The lowest BCUT2D eigenvalue weighted by Crippen LogP contribution is -2.37. The van der Waals surface area contributed by atoms with Crippen molar-refractivity contribution in [2.75, 3.05) is 13.1 Å². The average molecular weight is 368 g/mol. The van der Waals surface area contributed by atoms with Crippen LogP contribution in [0.4, 0.5) is 0 Å². The quantitative estimate of drug-likeness (QED) is 0.875. The Morgan fingerprint density at radius 1 is 1.33 bits per heavy atom. The Morgan fingerprint density at radius 3 is 2.81 bits per heavy atom.